The third-order valence-corrected chi connectivity index (χ3v) is 6.61. The van der Waals surface area contributed by atoms with E-state index in [1.807, 2.05) is 6.07 Å². The Labute approximate surface area is 134 Å². The lowest BCUT2D eigenvalue weighted by Crippen LogP contribution is -2.39. The summed E-state index contributed by atoms with van der Waals surface area (Å²) in [7, 11) is 1.74. The Kier molecular flexibility index (Phi) is 4.13. The van der Waals surface area contributed by atoms with E-state index in [0.29, 0.717) is 0 Å². The van der Waals surface area contributed by atoms with Crippen molar-refractivity contribution in [2.45, 2.75) is 51.0 Å². The molecule has 3 aliphatic carbocycles. The Bertz CT molecular complexity index is 514. The number of nitrogens with one attached hydrogen (secondary N) is 1. The van der Waals surface area contributed by atoms with E-state index in [-0.39, 0.29) is 0 Å². The summed E-state index contributed by atoms with van der Waals surface area (Å²) >= 11 is 0. The molecule has 0 saturated heterocycles. The summed E-state index contributed by atoms with van der Waals surface area (Å²) in [5, 5.41) is 3.89. The predicted octanol–water partition coefficient (Wildman–Crippen LogP) is 4.04. The Balaban J connectivity index is 1.23. The molecule has 22 heavy (non-hydrogen) atoms. The number of hydrogen-bond donors (Lipinski definition) is 1. The highest BCUT2D eigenvalue weighted by Crippen LogP contribution is 2.58. The molecule has 1 aromatic rings. The van der Waals surface area contributed by atoms with E-state index in [9.17, 15) is 0 Å². The van der Waals surface area contributed by atoms with Gasteiger partial charge >= 0.3 is 0 Å². The van der Waals surface area contributed by atoms with Crippen molar-refractivity contribution in [2.75, 3.05) is 13.7 Å². The van der Waals surface area contributed by atoms with Crippen LogP contribution < -0.4 is 10.1 Å². The molecule has 2 bridgehead atoms. The number of rotatable bonds is 6. The van der Waals surface area contributed by atoms with Crippen molar-refractivity contribution < 1.29 is 4.74 Å². The van der Waals surface area contributed by atoms with E-state index in [2.05, 4.69) is 23.5 Å². The van der Waals surface area contributed by atoms with E-state index < -0.39 is 0 Å². The number of ether oxygens (including phenoxy) is 1. The first-order valence-corrected chi connectivity index (χ1v) is 9.21. The maximum absolute atomic E-state index is 5.30. The van der Waals surface area contributed by atoms with E-state index in [4.69, 9.17) is 4.74 Å². The van der Waals surface area contributed by atoms with Crippen LogP contribution in [0.2, 0.25) is 0 Å². The zero-order valence-corrected chi connectivity index (χ0v) is 13.8. The Morgan fingerprint density at radius 2 is 2.05 bits per heavy atom. The zero-order chi connectivity index (χ0) is 14.9. The number of fused-ring (bicyclic) bond motifs is 5. The van der Waals surface area contributed by atoms with Crippen molar-refractivity contribution in [3.05, 3.63) is 29.8 Å². The standard InChI is InChI=1S/C20H29NO/c1-22-16-7-2-5-14(11-16)6-4-10-21-20-13-15-12-19(20)18-9-3-8-17(15)18/h2,5,7,11,15,17-21H,3-4,6,8-10,12-13H2,1H3. The van der Waals surface area contributed by atoms with Crippen LogP contribution in [0, 0.1) is 23.7 Å². The first-order valence-electron chi connectivity index (χ1n) is 9.21. The molecule has 3 aliphatic rings. The Morgan fingerprint density at radius 3 is 2.95 bits per heavy atom. The van der Waals surface area contributed by atoms with Gasteiger partial charge in [-0.3, -0.25) is 0 Å². The maximum atomic E-state index is 5.30. The van der Waals surface area contributed by atoms with Crippen molar-refractivity contribution >= 4 is 0 Å². The molecule has 1 aromatic carbocycles. The molecule has 0 amide bonds. The number of benzene rings is 1. The molecule has 0 aromatic heterocycles. The molecule has 3 fully saturated rings. The minimum Gasteiger partial charge on any atom is -0.497 e. The summed E-state index contributed by atoms with van der Waals surface area (Å²) < 4.78 is 5.30. The first-order chi connectivity index (χ1) is 10.8. The molecule has 3 saturated carbocycles. The van der Waals surface area contributed by atoms with Gasteiger partial charge in [0.15, 0.2) is 0 Å². The summed E-state index contributed by atoms with van der Waals surface area (Å²) in [6, 6.07) is 9.33. The molecule has 4 rings (SSSR count). The third-order valence-electron chi connectivity index (χ3n) is 6.61. The average Bonchev–Trinajstić information content (AvgIpc) is 3.24. The molecule has 0 spiro atoms. The highest BCUT2D eigenvalue weighted by atomic mass is 16.5. The van der Waals surface area contributed by atoms with E-state index in [0.717, 1.165) is 41.9 Å². The van der Waals surface area contributed by atoms with Crippen LogP contribution in [-0.2, 0) is 6.42 Å². The van der Waals surface area contributed by atoms with Crippen LogP contribution >= 0.6 is 0 Å². The normalized spacial score (nSPS) is 35.8. The maximum Gasteiger partial charge on any atom is 0.119 e. The van der Waals surface area contributed by atoms with Crippen molar-refractivity contribution in [3.8, 4) is 5.75 Å². The van der Waals surface area contributed by atoms with Gasteiger partial charge in [0.2, 0.25) is 0 Å². The average molecular weight is 299 g/mol. The molecule has 0 radical (unpaired) electrons. The summed E-state index contributed by atoms with van der Waals surface area (Å²) in [5.41, 5.74) is 1.39. The van der Waals surface area contributed by atoms with Crippen LogP contribution in [0.1, 0.15) is 44.1 Å². The number of methoxy groups -OCH3 is 1. The molecular weight excluding hydrogens is 270 g/mol. The molecule has 0 aliphatic heterocycles. The second-order valence-corrected chi connectivity index (χ2v) is 7.67. The van der Waals surface area contributed by atoms with Crippen molar-refractivity contribution in [2.24, 2.45) is 23.7 Å². The van der Waals surface area contributed by atoms with Crippen LogP contribution in [0.25, 0.3) is 0 Å². The summed E-state index contributed by atoms with van der Waals surface area (Å²) in [6.07, 6.45) is 9.94. The van der Waals surface area contributed by atoms with Crippen molar-refractivity contribution in [1.29, 1.82) is 0 Å². The molecule has 1 N–H and O–H groups in total. The van der Waals surface area contributed by atoms with Gasteiger partial charge in [0.25, 0.3) is 0 Å². The molecule has 0 heterocycles. The Hall–Kier alpha value is -1.02. The van der Waals surface area contributed by atoms with Crippen molar-refractivity contribution in [1.82, 2.24) is 5.32 Å². The molecule has 2 nitrogen and oxygen atoms in total. The van der Waals surface area contributed by atoms with Crippen molar-refractivity contribution in [3.63, 3.8) is 0 Å². The van der Waals surface area contributed by atoms with Crippen LogP contribution in [0.3, 0.4) is 0 Å². The van der Waals surface area contributed by atoms with Gasteiger partial charge in [0.05, 0.1) is 7.11 Å². The van der Waals surface area contributed by atoms with Gasteiger partial charge in [0, 0.05) is 6.04 Å². The predicted molar refractivity (Wildman–Crippen MR) is 90.2 cm³/mol. The fourth-order valence-corrected chi connectivity index (χ4v) is 5.71. The lowest BCUT2D eigenvalue weighted by molar-refractivity contribution is 0.209. The van der Waals surface area contributed by atoms with Crippen LogP contribution in [0.5, 0.6) is 5.75 Å². The van der Waals surface area contributed by atoms with Gasteiger partial charge in [0.1, 0.15) is 5.75 Å². The number of hydrogen-bond acceptors (Lipinski definition) is 2. The molecule has 5 atom stereocenters. The topological polar surface area (TPSA) is 21.3 Å². The van der Waals surface area contributed by atoms with E-state index >= 15 is 0 Å². The van der Waals surface area contributed by atoms with Gasteiger partial charge in [-0.05, 0) is 86.4 Å². The Morgan fingerprint density at radius 1 is 1.14 bits per heavy atom. The van der Waals surface area contributed by atoms with Gasteiger partial charge in [-0.25, -0.2) is 0 Å². The van der Waals surface area contributed by atoms with Gasteiger partial charge in [-0.15, -0.1) is 0 Å². The van der Waals surface area contributed by atoms with Crippen LogP contribution in [-0.4, -0.2) is 19.7 Å². The third kappa shape index (κ3) is 2.67. The summed E-state index contributed by atoms with van der Waals surface area (Å²) in [5.74, 6) is 5.24. The second-order valence-electron chi connectivity index (χ2n) is 7.67. The largest absolute Gasteiger partial charge is 0.497 e. The summed E-state index contributed by atoms with van der Waals surface area (Å²) in [4.78, 5) is 0. The molecule has 5 unspecified atom stereocenters. The number of aryl methyl sites for hydroxylation is 1. The molecular formula is C20H29NO. The van der Waals surface area contributed by atoms with Crippen LogP contribution in [0.4, 0.5) is 0 Å². The fourth-order valence-electron chi connectivity index (χ4n) is 5.71. The van der Waals surface area contributed by atoms with Gasteiger partial charge in [-0.2, -0.15) is 0 Å². The zero-order valence-electron chi connectivity index (χ0n) is 13.8. The SMILES string of the molecule is COc1cccc(CCCNC2CC3CC2C2CCCC32)c1. The summed E-state index contributed by atoms with van der Waals surface area (Å²) in [6.45, 7) is 1.17. The second kappa shape index (κ2) is 6.23. The highest BCUT2D eigenvalue weighted by molar-refractivity contribution is 5.28. The monoisotopic (exact) mass is 299 g/mol. The fraction of sp³-hybridized carbons (Fsp3) is 0.700. The molecule has 2 heteroatoms. The minimum absolute atomic E-state index is 0.828. The van der Waals surface area contributed by atoms with Crippen LogP contribution in [0.15, 0.2) is 24.3 Å². The van der Waals surface area contributed by atoms with Gasteiger partial charge < -0.3 is 10.1 Å². The lowest BCUT2D eigenvalue weighted by atomic mass is 9.79. The highest BCUT2D eigenvalue weighted by Gasteiger charge is 2.53. The van der Waals surface area contributed by atoms with E-state index in [1.54, 1.807) is 7.11 Å². The lowest BCUT2D eigenvalue weighted by Gasteiger charge is -2.32. The quantitative estimate of drug-likeness (QED) is 0.800. The molecule has 120 valence electrons. The first kappa shape index (κ1) is 14.6. The van der Waals surface area contributed by atoms with E-state index in [1.165, 1.54) is 50.6 Å². The smallest absolute Gasteiger partial charge is 0.119 e. The van der Waals surface area contributed by atoms with Gasteiger partial charge in [-0.1, -0.05) is 18.6 Å². The minimum atomic E-state index is 0.828.